The molecule has 0 saturated carbocycles. The Balaban J connectivity index is 2.52. The van der Waals surface area contributed by atoms with Crippen molar-refractivity contribution in [3.05, 3.63) is 0 Å². The van der Waals surface area contributed by atoms with Gasteiger partial charge >= 0.3 is 23.9 Å². The minimum absolute atomic E-state index is 0.0363. The molecule has 0 amide bonds. The van der Waals surface area contributed by atoms with E-state index in [0.29, 0.717) is 39.3 Å². The fourth-order valence-electron chi connectivity index (χ4n) is 7.08. The lowest BCUT2D eigenvalue weighted by Crippen LogP contribution is -2.41. The van der Waals surface area contributed by atoms with Crippen LogP contribution >= 0.6 is 0 Å². The van der Waals surface area contributed by atoms with Crippen molar-refractivity contribution in [1.82, 2.24) is 9.80 Å². The minimum atomic E-state index is -0.986. The number of hydrogen-bond donors (Lipinski definition) is 0. The summed E-state index contributed by atoms with van der Waals surface area (Å²) in [6.45, 7) is 6.50. The Bertz CT molecular complexity index is 1080. The molecule has 0 aliphatic carbocycles. The van der Waals surface area contributed by atoms with Crippen LogP contribution in [0, 0.1) is 0 Å². The van der Waals surface area contributed by atoms with Gasteiger partial charge < -0.3 is 33.2 Å². The molecule has 0 radical (unpaired) electrons. The van der Waals surface area contributed by atoms with Crippen LogP contribution in [0.15, 0.2) is 0 Å². The first-order chi connectivity index (χ1) is 29.1. The Morgan fingerprint density at radius 1 is 0.433 bits per heavy atom. The summed E-state index contributed by atoms with van der Waals surface area (Å²) in [5.74, 6) is -0.956. The number of nitrogens with zero attached hydrogens (tertiary/aromatic N) is 2. The van der Waals surface area contributed by atoms with Gasteiger partial charge in [0.15, 0.2) is 0 Å². The topological polar surface area (TPSA) is 139 Å². The zero-order chi connectivity index (χ0) is 44.1. The lowest BCUT2D eigenvalue weighted by atomic mass is 10.1. The number of rotatable bonds is 41. The highest BCUT2D eigenvalue weighted by Crippen LogP contribution is 2.29. The zero-order valence-corrected chi connectivity index (χ0v) is 39.0. The fraction of sp³-hybridized carbons (Fsp3) is 0.915. The predicted octanol–water partition coefficient (Wildman–Crippen LogP) is 8.96. The van der Waals surface area contributed by atoms with E-state index >= 15 is 0 Å². The largest absolute Gasteiger partial charge is 0.466 e. The Labute approximate surface area is 364 Å². The minimum Gasteiger partial charge on any atom is -0.466 e. The van der Waals surface area contributed by atoms with Crippen LogP contribution in [-0.4, -0.2) is 133 Å². The number of esters is 4. The molecule has 0 spiro atoms. The van der Waals surface area contributed by atoms with Crippen LogP contribution < -0.4 is 0 Å². The first-order valence-electron chi connectivity index (χ1n) is 23.9. The Morgan fingerprint density at radius 2 is 0.817 bits per heavy atom. The van der Waals surface area contributed by atoms with Crippen LogP contribution in [-0.2, 0) is 52.3 Å². The van der Waals surface area contributed by atoms with Gasteiger partial charge in [0.2, 0.25) is 6.29 Å². The van der Waals surface area contributed by atoms with Gasteiger partial charge in [0.25, 0.3) is 0 Å². The van der Waals surface area contributed by atoms with Gasteiger partial charge in [-0.1, -0.05) is 129 Å². The Hall–Kier alpha value is -2.32. The lowest BCUT2D eigenvalue weighted by Gasteiger charge is -2.25. The third-order valence-corrected chi connectivity index (χ3v) is 10.5. The first-order valence-corrected chi connectivity index (χ1v) is 23.9. The average Bonchev–Trinajstić information content (AvgIpc) is 3.51. The molecule has 0 aromatic rings. The number of hydrogen-bond acceptors (Lipinski definition) is 13. The van der Waals surface area contributed by atoms with Crippen LogP contribution in [0.1, 0.15) is 181 Å². The van der Waals surface area contributed by atoms with Crippen molar-refractivity contribution in [1.29, 1.82) is 0 Å². The highest BCUT2D eigenvalue weighted by Gasteiger charge is 2.49. The molecular weight excluding hydrogens is 769 g/mol. The second-order valence-corrected chi connectivity index (χ2v) is 17.1. The van der Waals surface area contributed by atoms with E-state index < -0.39 is 30.6 Å². The molecule has 1 saturated heterocycles. The molecule has 1 aliphatic rings. The zero-order valence-electron chi connectivity index (χ0n) is 39.0. The summed E-state index contributed by atoms with van der Waals surface area (Å²) in [6.07, 6.45) is 23.5. The highest BCUT2D eigenvalue weighted by molar-refractivity contribution is 5.72. The van der Waals surface area contributed by atoms with E-state index in [-0.39, 0.29) is 37.6 Å². The molecule has 0 aromatic carbocycles. The van der Waals surface area contributed by atoms with Crippen molar-refractivity contribution >= 4 is 23.9 Å². The van der Waals surface area contributed by atoms with Crippen molar-refractivity contribution in [2.45, 2.75) is 205 Å². The fourth-order valence-corrected chi connectivity index (χ4v) is 7.08. The van der Waals surface area contributed by atoms with Gasteiger partial charge in [0.1, 0.15) is 24.9 Å². The summed E-state index contributed by atoms with van der Waals surface area (Å²) in [5, 5.41) is 0. The van der Waals surface area contributed by atoms with Gasteiger partial charge in [0.05, 0.1) is 26.3 Å². The molecule has 60 heavy (non-hydrogen) atoms. The van der Waals surface area contributed by atoms with Crippen molar-refractivity contribution in [2.24, 2.45) is 0 Å². The second-order valence-electron chi connectivity index (χ2n) is 17.1. The van der Waals surface area contributed by atoms with Crippen molar-refractivity contribution in [3.63, 3.8) is 0 Å². The van der Waals surface area contributed by atoms with E-state index in [1.54, 1.807) is 38.0 Å². The SMILES string of the molecule is CCCCCCCC(=O)OCCCCCCCCCOC1[C@@H](COC(=O)CN(C)C)O[C@@H](OC(=O)CN(C)C)[C@H]1OCCCCCCCCCOC(=O)CCCCCCC. The normalized spacial score (nSPS) is 17.7. The van der Waals surface area contributed by atoms with Crippen molar-refractivity contribution < 1.29 is 52.3 Å². The molecule has 1 heterocycles. The summed E-state index contributed by atoms with van der Waals surface area (Å²) in [6, 6.07) is 0. The molecule has 13 nitrogen and oxygen atoms in total. The van der Waals surface area contributed by atoms with Gasteiger partial charge in [-0.15, -0.1) is 0 Å². The van der Waals surface area contributed by atoms with E-state index in [0.717, 1.165) is 116 Å². The predicted molar refractivity (Wildman–Crippen MR) is 236 cm³/mol. The molecule has 1 aliphatic heterocycles. The number of unbranched alkanes of at least 4 members (excludes halogenated alkanes) is 20. The van der Waals surface area contributed by atoms with Crippen LogP contribution in [0.3, 0.4) is 0 Å². The highest BCUT2D eigenvalue weighted by atomic mass is 16.7. The number of carbonyl (C=O) groups is 4. The molecule has 352 valence electrons. The van der Waals surface area contributed by atoms with E-state index in [2.05, 4.69) is 13.8 Å². The monoisotopic (exact) mass is 857 g/mol. The molecule has 1 unspecified atom stereocenters. The standard InChI is InChI=1S/C47H88N2O11/c1-7-9-11-19-25-31-41(50)54-33-27-21-15-13-17-23-29-35-56-45-40(39-58-43(52)37-48(3)4)59-47(60-44(53)38-49(5)6)46(45)57-36-30-24-18-14-16-22-28-34-55-42(51)32-26-20-12-10-8-2/h40,45-47H,7-39H2,1-6H3/t40-,45?,46+,47+/m1/s1. The number of likely N-dealkylation sites (N-methyl/N-ethyl adjacent to an activating group) is 2. The van der Waals surface area contributed by atoms with Crippen LogP contribution in [0.25, 0.3) is 0 Å². The maximum absolute atomic E-state index is 12.8. The van der Waals surface area contributed by atoms with E-state index in [4.69, 9.17) is 33.2 Å². The van der Waals surface area contributed by atoms with Gasteiger partial charge in [-0.25, -0.2) is 0 Å². The number of carbonyl (C=O) groups excluding carboxylic acids is 4. The lowest BCUT2D eigenvalue weighted by molar-refractivity contribution is -0.197. The third kappa shape index (κ3) is 31.5. The van der Waals surface area contributed by atoms with Gasteiger partial charge in [0, 0.05) is 26.1 Å². The Morgan fingerprint density at radius 3 is 1.27 bits per heavy atom. The summed E-state index contributed by atoms with van der Waals surface area (Å²) >= 11 is 0. The van der Waals surface area contributed by atoms with Crippen LogP contribution in [0.4, 0.5) is 0 Å². The maximum atomic E-state index is 12.8. The molecular formula is C47H88N2O11. The second kappa shape index (κ2) is 38.4. The van der Waals surface area contributed by atoms with Gasteiger partial charge in [-0.2, -0.15) is 0 Å². The van der Waals surface area contributed by atoms with E-state index in [1.807, 2.05) is 0 Å². The molecule has 0 aromatic heterocycles. The molecule has 1 fully saturated rings. The third-order valence-electron chi connectivity index (χ3n) is 10.5. The molecule has 0 bridgehead atoms. The molecule has 13 heteroatoms. The van der Waals surface area contributed by atoms with Gasteiger partial charge in [-0.3, -0.25) is 29.0 Å². The van der Waals surface area contributed by atoms with Crippen molar-refractivity contribution in [3.8, 4) is 0 Å². The van der Waals surface area contributed by atoms with Crippen molar-refractivity contribution in [2.75, 3.05) is 74.3 Å². The Kier molecular flexibility index (Phi) is 35.6. The maximum Gasteiger partial charge on any atom is 0.322 e. The summed E-state index contributed by atoms with van der Waals surface area (Å²) in [5.41, 5.74) is 0. The smallest absolute Gasteiger partial charge is 0.322 e. The average molecular weight is 857 g/mol. The summed E-state index contributed by atoms with van der Waals surface area (Å²) < 4.78 is 41.2. The number of ether oxygens (including phenoxy) is 7. The molecule has 4 atom stereocenters. The van der Waals surface area contributed by atoms with Crippen LogP contribution in [0.5, 0.6) is 0 Å². The summed E-state index contributed by atoms with van der Waals surface area (Å²) in [4.78, 5) is 52.6. The molecule has 1 rings (SSSR count). The van der Waals surface area contributed by atoms with E-state index in [1.165, 1.54) is 38.5 Å². The van der Waals surface area contributed by atoms with E-state index in [9.17, 15) is 19.2 Å². The quantitative estimate of drug-likeness (QED) is 0.0329. The molecule has 0 N–H and O–H groups in total. The first kappa shape index (κ1) is 55.7. The summed E-state index contributed by atoms with van der Waals surface area (Å²) in [7, 11) is 7.19. The van der Waals surface area contributed by atoms with Crippen LogP contribution in [0.2, 0.25) is 0 Å². The van der Waals surface area contributed by atoms with Gasteiger partial charge in [-0.05, 0) is 66.7 Å².